The van der Waals surface area contributed by atoms with Crippen LogP contribution in [0.1, 0.15) is 43.4 Å². The smallest absolute Gasteiger partial charge is 0.384 e. The van der Waals surface area contributed by atoms with Crippen molar-refractivity contribution in [1.29, 1.82) is 0 Å². The summed E-state index contributed by atoms with van der Waals surface area (Å²) in [6.07, 6.45) is -4.97. The molecule has 0 aliphatic carbocycles. The molecule has 1 atom stereocenters. The van der Waals surface area contributed by atoms with Crippen LogP contribution < -0.4 is 16.8 Å². The van der Waals surface area contributed by atoms with Crippen LogP contribution >= 0.6 is 11.6 Å². The van der Waals surface area contributed by atoms with E-state index in [0.717, 1.165) is 12.1 Å². The van der Waals surface area contributed by atoms with Gasteiger partial charge in [-0.1, -0.05) is 11.6 Å². The van der Waals surface area contributed by atoms with Gasteiger partial charge >= 0.3 is 6.18 Å². The minimum Gasteiger partial charge on any atom is -0.384 e. The second-order valence-electron chi connectivity index (χ2n) is 8.33. The van der Waals surface area contributed by atoms with E-state index in [1.54, 1.807) is 0 Å². The van der Waals surface area contributed by atoms with E-state index in [2.05, 4.69) is 10.3 Å². The summed E-state index contributed by atoms with van der Waals surface area (Å²) in [6, 6.07) is 7.12. The summed E-state index contributed by atoms with van der Waals surface area (Å²) in [5.74, 6) is -4.06. The first-order chi connectivity index (χ1) is 17.4. The molecule has 2 amide bonds. The lowest BCUT2D eigenvalue weighted by Gasteiger charge is -2.20. The second-order valence-corrected chi connectivity index (χ2v) is 8.74. The Morgan fingerprint density at radius 2 is 1.76 bits per heavy atom. The van der Waals surface area contributed by atoms with Crippen molar-refractivity contribution in [2.75, 3.05) is 5.73 Å². The molecule has 188 valence electrons. The lowest BCUT2D eigenvalue weighted by Crippen LogP contribution is -2.21. The minimum atomic E-state index is -4.97. The Morgan fingerprint density at radius 3 is 2.43 bits per heavy atom. The van der Waals surface area contributed by atoms with Crippen LogP contribution in [0.2, 0.25) is 5.02 Å². The fourth-order valence-corrected chi connectivity index (χ4v) is 4.77. The number of nitrogen functional groups attached to an aromatic ring is 1. The number of nitrogens with zero attached hydrogens (tertiary/aromatic N) is 1. The zero-order valence-corrected chi connectivity index (χ0v) is 19.1. The zero-order valence-electron chi connectivity index (χ0n) is 18.4. The number of rotatable bonds is 3. The number of hydrogen-bond acceptors (Lipinski definition) is 4. The summed E-state index contributed by atoms with van der Waals surface area (Å²) in [4.78, 5) is 29.6. The predicted molar refractivity (Wildman–Crippen MR) is 126 cm³/mol. The second kappa shape index (κ2) is 8.41. The lowest BCUT2D eigenvalue weighted by molar-refractivity contribution is -0.137. The monoisotopic (exact) mass is 532 g/mol. The standard InChI is InChI=1S/C25H14ClF5N4O2/c26-15-3-1-10(27)7-12(15)22-20-13(8-17-11(2-4-18(32)34-17)21(20)24(37)35-22)19-14(23(33)36)5-9(6-16(19)28)25(29,30)31/h1-8,22H,(H2,32,34)(H2,33,36)(H,35,37). The summed E-state index contributed by atoms with van der Waals surface area (Å²) in [7, 11) is 0. The van der Waals surface area contributed by atoms with Crippen LogP contribution in [-0.2, 0) is 6.18 Å². The third-order valence-corrected chi connectivity index (χ3v) is 6.41. The van der Waals surface area contributed by atoms with Gasteiger partial charge in [-0.15, -0.1) is 0 Å². The van der Waals surface area contributed by atoms with E-state index in [1.807, 2.05) is 0 Å². The first-order valence-corrected chi connectivity index (χ1v) is 10.9. The maximum absolute atomic E-state index is 15.5. The Hall–Kier alpha value is -4.25. The number of carbonyl (C=O) groups excluding carboxylic acids is 2. The Bertz CT molecular complexity index is 1660. The van der Waals surface area contributed by atoms with E-state index in [0.29, 0.717) is 6.07 Å². The molecule has 0 bridgehead atoms. The number of benzene rings is 3. The molecule has 6 nitrogen and oxygen atoms in total. The normalized spacial score (nSPS) is 15.1. The van der Waals surface area contributed by atoms with Gasteiger partial charge in [0.1, 0.15) is 17.5 Å². The van der Waals surface area contributed by atoms with E-state index < -0.39 is 52.4 Å². The molecule has 1 aromatic heterocycles. The number of nitrogens with one attached hydrogen (secondary N) is 1. The van der Waals surface area contributed by atoms with Crippen LogP contribution in [0.3, 0.4) is 0 Å². The number of pyridine rings is 1. The van der Waals surface area contributed by atoms with Crippen molar-refractivity contribution in [3.63, 3.8) is 0 Å². The highest BCUT2D eigenvalue weighted by Crippen LogP contribution is 2.46. The average molecular weight is 533 g/mol. The number of halogens is 6. The summed E-state index contributed by atoms with van der Waals surface area (Å²) < 4.78 is 69.8. The van der Waals surface area contributed by atoms with Crippen LogP contribution in [0.15, 0.2) is 48.5 Å². The molecule has 0 fully saturated rings. The Labute approximate surface area is 210 Å². The summed E-state index contributed by atoms with van der Waals surface area (Å²) in [5, 5.41) is 3.00. The SMILES string of the molecule is NC(=O)c1cc(C(F)(F)F)cc(F)c1-c1cc2nc(N)ccc2c2c1C(c1cc(F)ccc1Cl)NC2=O. The molecule has 2 heterocycles. The molecular weight excluding hydrogens is 519 g/mol. The van der Waals surface area contributed by atoms with E-state index in [1.165, 1.54) is 24.3 Å². The number of anilines is 1. The van der Waals surface area contributed by atoms with Crippen molar-refractivity contribution in [3.8, 4) is 11.1 Å². The van der Waals surface area contributed by atoms with Crippen LogP contribution in [-0.4, -0.2) is 16.8 Å². The number of primary amides is 1. The molecule has 0 saturated carbocycles. The van der Waals surface area contributed by atoms with Gasteiger partial charge in [-0.3, -0.25) is 9.59 Å². The number of hydrogen-bond donors (Lipinski definition) is 3. The molecule has 1 unspecified atom stereocenters. The quantitative estimate of drug-likeness (QED) is 0.308. The van der Waals surface area contributed by atoms with Gasteiger partial charge in [-0.25, -0.2) is 13.8 Å². The number of fused-ring (bicyclic) bond motifs is 3. The fourth-order valence-electron chi connectivity index (χ4n) is 4.54. The summed E-state index contributed by atoms with van der Waals surface area (Å²) in [5.41, 5.74) is 8.44. The average Bonchev–Trinajstić information content (AvgIpc) is 3.16. The molecule has 0 saturated heterocycles. The predicted octanol–water partition coefficient (Wildman–Crippen LogP) is 5.37. The van der Waals surface area contributed by atoms with Crippen molar-refractivity contribution in [3.05, 3.63) is 93.0 Å². The lowest BCUT2D eigenvalue weighted by atomic mass is 9.85. The Kier molecular flexibility index (Phi) is 5.56. The van der Waals surface area contributed by atoms with Crippen molar-refractivity contribution < 1.29 is 31.5 Å². The molecular formula is C25H14ClF5N4O2. The highest BCUT2D eigenvalue weighted by Gasteiger charge is 2.39. The molecule has 4 aromatic rings. The number of nitrogens with two attached hydrogens (primary N) is 2. The van der Waals surface area contributed by atoms with Gasteiger partial charge in [0.05, 0.1) is 28.2 Å². The molecule has 12 heteroatoms. The number of carbonyl (C=O) groups is 2. The van der Waals surface area contributed by atoms with Crippen LogP contribution in [0.25, 0.3) is 22.0 Å². The molecule has 5 N–H and O–H groups in total. The van der Waals surface area contributed by atoms with E-state index in [9.17, 15) is 27.2 Å². The molecule has 37 heavy (non-hydrogen) atoms. The number of amides is 2. The largest absolute Gasteiger partial charge is 0.416 e. The minimum absolute atomic E-state index is 0.0138. The molecule has 0 spiro atoms. The first-order valence-electron chi connectivity index (χ1n) is 10.6. The van der Waals surface area contributed by atoms with Crippen molar-refractivity contribution in [2.24, 2.45) is 5.73 Å². The maximum Gasteiger partial charge on any atom is 0.416 e. The van der Waals surface area contributed by atoms with Crippen LogP contribution in [0.5, 0.6) is 0 Å². The Balaban J connectivity index is 1.93. The maximum atomic E-state index is 15.5. The third kappa shape index (κ3) is 4.01. The highest BCUT2D eigenvalue weighted by atomic mass is 35.5. The van der Waals surface area contributed by atoms with Gasteiger partial charge in [0.2, 0.25) is 5.91 Å². The van der Waals surface area contributed by atoms with Gasteiger partial charge in [0.25, 0.3) is 5.91 Å². The molecule has 1 aliphatic heterocycles. The van der Waals surface area contributed by atoms with Gasteiger partial charge in [-0.2, -0.15) is 13.2 Å². The third-order valence-electron chi connectivity index (χ3n) is 6.07. The van der Waals surface area contributed by atoms with Crippen molar-refractivity contribution in [2.45, 2.75) is 12.2 Å². The Morgan fingerprint density at radius 1 is 1.03 bits per heavy atom. The molecule has 0 radical (unpaired) electrons. The molecule has 3 aromatic carbocycles. The summed E-state index contributed by atoms with van der Waals surface area (Å²) >= 11 is 6.29. The summed E-state index contributed by atoms with van der Waals surface area (Å²) in [6.45, 7) is 0. The molecule has 1 aliphatic rings. The van der Waals surface area contributed by atoms with E-state index in [4.69, 9.17) is 23.1 Å². The van der Waals surface area contributed by atoms with Gasteiger partial charge < -0.3 is 16.8 Å². The van der Waals surface area contributed by atoms with Gasteiger partial charge in [0, 0.05) is 27.1 Å². The number of alkyl halides is 3. The van der Waals surface area contributed by atoms with Gasteiger partial charge in [-0.05, 0) is 54.1 Å². The first kappa shape index (κ1) is 24.4. The van der Waals surface area contributed by atoms with Crippen LogP contribution in [0, 0.1) is 11.6 Å². The van der Waals surface area contributed by atoms with Crippen LogP contribution in [0.4, 0.5) is 27.8 Å². The molecule has 5 rings (SSSR count). The number of aromatic nitrogens is 1. The van der Waals surface area contributed by atoms with Crippen molar-refractivity contribution in [1.82, 2.24) is 10.3 Å². The topological polar surface area (TPSA) is 111 Å². The zero-order chi connectivity index (χ0) is 26.8. The van der Waals surface area contributed by atoms with E-state index >= 15 is 4.39 Å². The van der Waals surface area contributed by atoms with Gasteiger partial charge in [0.15, 0.2) is 0 Å². The van der Waals surface area contributed by atoms with E-state index in [-0.39, 0.29) is 50.1 Å². The fraction of sp³-hybridized carbons (Fsp3) is 0.0800. The van der Waals surface area contributed by atoms with Crippen molar-refractivity contribution >= 4 is 40.1 Å². The highest BCUT2D eigenvalue weighted by molar-refractivity contribution is 6.31.